The number of rotatable bonds is 0. The van der Waals surface area contributed by atoms with Crippen LogP contribution in [-0.2, 0) is 0 Å². The Balaban J connectivity index is 2.96. The van der Waals surface area contributed by atoms with Gasteiger partial charge < -0.3 is 0 Å². The van der Waals surface area contributed by atoms with Crippen molar-refractivity contribution in [2.75, 3.05) is 0 Å². The Bertz CT molecular complexity index is 478. The first-order chi connectivity index (χ1) is 5.77. The van der Waals surface area contributed by atoms with Gasteiger partial charge in [0, 0.05) is 9.86 Å². The number of aromatic nitrogens is 2. The van der Waals surface area contributed by atoms with Crippen LogP contribution < -0.4 is 5.56 Å². The molecule has 1 aromatic heterocycles. The fraction of sp³-hybridized carbons (Fsp3) is 0. The van der Waals surface area contributed by atoms with Crippen LogP contribution in [-0.4, -0.2) is 10.2 Å². The molecule has 60 valence electrons. The summed E-state index contributed by atoms with van der Waals surface area (Å²) in [5.41, 5.74) is -0.153. The maximum Gasteiger partial charge on any atom is 0.272 e. The van der Waals surface area contributed by atoms with Gasteiger partial charge in [-0.25, -0.2) is 5.10 Å². The average Bonchev–Trinajstić information content (AvgIpc) is 2.04. The number of benzene rings is 1. The van der Waals surface area contributed by atoms with Crippen LogP contribution in [0.5, 0.6) is 0 Å². The number of hydrogen-bond acceptors (Lipinski definition) is 2. The summed E-state index contributed by atoms with van der Waals surface area (Å²) in [7, 11) is 0. The minimum atomic E-state index is -0.153. The van der Waals surface area contributed by atoms with Gasteiger partial charge in [-0.05, 0) is 18.2 Å². The van der Waals surface area contributed by atoms with Crippen molar-refractivity contribution in [1.29, 1.82) is 0 Å². The van der Waals surface area contributed by atoms with Crippen molar-refractivity contribution in [2.45, 2.75) is 0 Å². The standard InChI is InChI=1S/C8H5BrN2O/c9-6-1-2-7-5(3-6)4-10-11-8(7)12/h1-4H,(H,11,12). The summed E-state index contributed by atoms with van der Waals surface area (Å²) in [4.78, 5) is 11.2. The molecule has 3 nitrogen and oxygen atoms in total. The first kappa shape index (κ1) is 7.49. The Morgan fingerprint density at radius 1 is 1.42 bits per heavy atom. The Morgan fingerprint density at radius 3 is 3.08 bits per heavy atom. The van der Waals surface area contributed by atoms with Gasteiger partial charge in [-0.2, -0.15) is 5.10 Å². The van der Waals surface area contributed by atoms with E-state index in [0.29, 0.717) is 5.39 Å². The van der Waals surface area contributed by atoms with Gasteiger partial charge >= 0.3 is 0 Å². The van der Waals surface area contributed by atoms with Gasteiger partial charge in [-0.15, -0.1) is 0 Å². The van der Waals surface area contributed by atoms with Crippen LogP contribution >= 0.6 is 15.9 Å². The second-order valence-electron chi connectivity index (χ2n) is 2.43. The van der Waals surface area contributed by atoms with E-state index < -0.39 is 0 Å². The molecule has 2 aromatic rings. The van der Waals surface area contributed by atoms with Gasteiger partial charge in [0.25, 0.3) is 5.56 Å². The molecule has 0 amide bonds. The molecule has 0 aliphatic heterocycles. The minimum Gasteiger partial charge on any atom is -0.267 e. The Kier molecular flexibility index (Phi) is 1.69. The van der Waals surface area contributed by atoms with E-state index in [1.807, 2.05) is 12.1 Å². The number of fused-ring (bicyclic) bond motifs is 1. The number of hydrogen-bond donors (Lipinski definition) is 1. The molecule has 0 saturated carbocycles. The molecule has 1 heterocycles. The highest BCUT2D eigenvalue weighted by Gasteiger charge is 1.97. The highest BCUT2D eigenvalue weighted by Crippen LogP contribution is 2.15. The third-order valence-corrected chi connectivity index (χ3v) is 2.12. The lowest BCUT2D eigenvalue weighted by Gasteiger charge is -1.94. The van der Waals surface area contributed by atoms with E-state index in [9.17, 15) is 4.79 Å². The van der Waals surface area contributed by atoms with Crippen molar-refractivity contribution in [3.05, 3.63) is 39.2 Å². The lowest BCUT2D eigenvalue weighted by molar-refractivity contribution is 1.01. The van der Waals surface area contributed by atoms with Crippen molar-refractivity contribution in [1.82, 2.24) is 10.2 Å². The van der Waals surface area contributed by atoms with Gasteiger partial charge in [0.15, 0.2) is 0 Å². The summed E-state index contributed by atoms with van der Waals surface area (Å²) in [6.45, 7) is 0. The zero-order chi connectivity index (χ0) is 8.55. The quantitative estimate of drug-likeness (QED) is 0.741. The summed E-state index contributed by atoms with van der Waals surface area (Å²) in [5.74, 6) is 0. The highest BCUT2D eigenvalue weighted by molar-refractivity contribution is 9.10. The lowest BCUT2D eigenvalue weighted by atomic mass is 10.2. The van der Waals surface area contributed by atoms with Crippen molar-refractivity contribution in [3.8, 4) is 0 Å². The summed E-state index contributed by atoms with van der Waals surface area (Å²) in [5, 5.41) is 7.57. The molecule has 0 aliphatic carbocycles. The van der Waals surface area contributed by atoms with E-state index in [2.05, 4.69) is 26.1 Å². The third kappa shape index (κ3) is 1.14. The molecular weight excluding hydrogens is 220 g/mol. The number of halogens is 1. The number of nitrogens with zero attached hydrogens (tertiary/aromatic N) is 1. The second-order valence-corrected chi connectivity index (χ2v) is 3.35. The summed E-state index contributed by atoms with van der Waals surface area (Å²) in [6, 6.07) is 5.45. The Morgan fingerprint density at radius 2 is 2.25 bits per heavy atom. The topological polar surface area (TPSA) is 45.8 Å². The predicted molar refractivity (Wildman–Crippen MR) is 50.1 cm³/mol. The largest absolute Gasteiger partial charge is 0.272 e. The maximum absolute atomic E-state index is 11.2. The van der Waals surface area contributed by atoms with E-state index in [-0.39, 0.29) is 5.56 Å². The lowest BCUT2D eigenvalue weighted by Crippen LogP contribution is -2.06. The zero-order valence-electron chi connectivity index (χ0n) is 6.04. The second kappa shape index (κ2) is 2.71. The van der Waals surface area contributed by atoms with E-state index >= 15 is 0 Å². The summed E-state index contributed by atoms with van der Waals surface area (Å²) in [6.07, 6.45) is 1.63. The monoisotopic (exact) mass is 224 g/mol. The van der Waals surface area contributed by atoms with Crippen LogP contribution in [0.1, 0.15) is 0 Å². The van der Waals surface area contributed by atoms with E-state index in [1.165, 1.54) is 0 Å². The van der Waals surface area contributed by atoms with E-state index in [1.54, 1.807) is 12.3 Å². The number of nitrogens with one attached hydrogen (secondary N) is 1. The first-order valence-electron chi connectivity index (χ1n) is 3.40. The molecule has 4 heteroatoms. The van der Waals surface area contributed by atoms with Gasteiger partial charge in [0.1, 0.15) is 0 Å². The van der Waals surface area contributed by atoms with Crippen molar-refractivity contribution < 1.29 is 0 Å². The van der Waals surface area contributed by atoms with Gasteiger partial charge in [0.2, 0.25) is 0 Å². The SMILES string of the molecule is O=c1[nH]ncc2cc(Br)ccc12. The van der Waals surface area contributed by atoms with E-state index in [0.717, 1.165) is 9.86 Å². The van der Waals surface area contributed by atoms with E-state index in [4.69, 9.17) is 0 Å². The molecule has 0 fully saturated rings. The number of aromatic amines is 1. The van der Waals surface area contributed by atoms with Crippen molar-refractivity contribution in [3.63, 3.8) is 0 Å². The van der Waals surface area contributed by atoms with Crippen molar-refractivity contribution >= 4 is 26.7 Å². The van der Waals surface area contributed by atoms with Crippen LogP contribution in [0.4, 0.5) is 0 Å². The first-order valence-corrected chi connectivity index (χ1v) is 4.19. The zero-order valence-corrected chi connectivity index (χ0v) is 7.63. The third-order valence-electron chi connectivity index (χ3n) is 1.63. The normalized spacial score (nSPS) is 10.4. The molecule has 0 bridgehead atoms. The molecular formula is C8H5BrN2O. The summed E-state index contributed by atoms with van der Waals surface area (Å²) < 4.78 is 0.947. The molecule has 0 saturated heterocycles. The van der Waals surface area contributed by atoms with Gasteiger partial charge in [0.05, 0.1) is 11.6 Å². The molecule has 1 aromatic carbocycles. The maximum atomic E-state index is 11.2. The van der Waals surface area contributed by atoms with Crippen LogP contribution in [0.15, 0.2) is 33.7 Å². The fourth-order valence-corrected chi connectivity index (χ4v) is 1.45. The minimum absolute atomic E-state index is 0.153. The van der Waals surface area contributed by atoms with Crippen LogP contribution in [0, 0.1) is 0 Å². The van der Waals surface area contributed by atoms with Gasteiger partial charge in [-0.1, -0.05) is 15.9 Å². The Hall–Kier alpha value is -1.16. The number of H-pyrrole nitrogens is 1. The molecule has 2 rings (SSSR count). The molecule has 1 N–H and O–H groups in total. The fourth-order valence-electron chi connectivity index (χ4n) is 1.07. The molecule has 0 spiro atoms. The van der Waals surface area contributed by atoms with Crippen LogP contribution in [0.25, 0.3) is 10.8 Å². The Labute approximate surface area is 76.5 Å². The smallest absolute Gasteiger partial charge is 0.267 e. The predicted octanol–water partition coefficient (Wildman–Crippen LogP) is 1.69. The molecule has 0 unspecified atom stereocenters. The molecule has 12 heavy (non-hydrogen) atoms. The highest BCUT2D eigenvalue weighted by atomic mass is 79.9. The van der Waals surface area contributed by atoms with Crippen LogP contribution in [0.2, 0.25) is 0 Å². The molecule has 0 aliphatic rings. The average molecular weight is 225 g/mol. The van der Waals surface area contributed by atoms with Gasteiger partial charge in [-0.3, -0.25) is 4.79 Å². The summed E-state index contributed by atoms with van der Waals surface area (Å²) >= 11 is 3.32. The van der Waals surface area contributed by atoms with Crippen molar-refractivity contribution in [2.24, 2.45) is 0 Å². The molecule has 0 radical (unpaired) electrons. The molecule has 0 atom stereocenters. The van der Waals surface area contributed by atoms with Crippen LogP contribution in [0.3, 0.4) is 0 Å².